The predicted octanol–water partition coefficient (Wildman–Crippen LogP) is 2.50. The number of carboxylic acid groups (broad SMARTS) is 1. The monoisotopic (exact) mass is 358 g/mol. The highest BCUT2D eigenvalue weighted by atomic mass is 16.4. The highest BCUT2D eigenvalue weighted by Gasteiger charge is 2.34. The third kappa shape index (κ3) is 4.06. The molecule has 1 aliphatic heterocycles. The summed E-state index contributed by atoms with van der Waals surface area (Å²) < 4.78 is 0. The van der Waals surface area contributed by atoms with E-state index in [1.807, 2.05) is 31.2 Å². The fraction of sp³-hybridized carbons (Fsp3) is 0.550. The number of hydrogen-bond donors (Lipinski definition) is 2. The topological polar surface area (TPSA) is 86.7 Å². The molecule has 1 saturated carbocycles. The van der Waals surface area contributed by atoms with E-state index in [0.717, 1.165) is 17.7 Å². The molecule has 1 aromatic carbocycles. The number of hydrogen-bond acceptors (Lipinski definition) is 3. The van der Waals surface area contributed by atoms with Crippen molar-refractivity contribution in [1.29, 1.82) is 0 Å². The molecule has 1 aliphatic carbocycles. The molecular weight excluding hydrogens is 332 g/mol. The maximum Gasteiger partial charge on any atom is 0.306 e. The Labute approximate surface area is 153 Å². The van der Waals surface area contributed by atoms with Crippen LogP contribution in [0.1, 0.15) is 44.1 Å². The Morgan fingerprint density at radius 2 is 1.65 bits per heavy atom. The van der Waals surface area contributed by atoms with E-state index in [2.05, 4.69) is 5.32 Å². The molecular formula is C20H26N2O4. The largest absolute Gasteiger partial charge is 0.481 e. The SMILES string of the molecule is Cc1ccc(N2CCCC(NC(=O)C3CCC(C(=O)O)CC3)C2=O)cc1. The van der Waals surface area contributed by atoms with E-state index in [1.165, 1.54) is 0 Å². The second-order valence-electron chi connectivity index (χ2n) is 7.42. The number of aliphatic carboxylic acids is 1. The van der Waals surface area contributed by atoms with Crippen molar-refractivity contribution in [1.82, 2.24) is 5.32 Å². The van der Waals surface area contributed by atoms with Crippen LogP contribution in [0.2, 0.25) is 0 Å². The number of amides is 2. The summed E-state index contributed by atoms with van der Waals surface area (Å²) in [6, 6.07) is 7.34. The minimum absolute atomic E-state index is 0.0623. The lowest BCUT2D eigenvalue weighted by atomic mass is 9.81. The Bertz CT molecular complexity index is 678. The minimum Gasteiger partial charge on any atom is -0.481 e. The van der Waals surface area contributed by atoms with E-state index in [9.17, 15) is 14.4 Å². The lowest BCUT2D eigenvalue weighted by Gasteiger charge is -2.34. The maximum atomic E-state index is 12.8. The van der Waals surface area contributed by atoms with Crippen molar-refractivity contribution in [3.8, 4) is 0 Å². The molecule has 2 N–H and O–H groups in total. The van der Waals surface area contributed by atoms with Crippen molar-refractivity contribution in [3.63, 3.8) is 0 Å². The van der Waals surface area contributed by atoms with Gasteiger partial charge in [0.05, 0.1) is 5.92 Å². The molecule has 2 amide bonds. The average Bonchev–Trinajstić information content (AvgIpc) is 2.64. The first-order chi connectivity index (χ1) is 12.5. The zero-order valence-corrected chi connectivity index (χ0v) is 15.1. The molecule has 2 aliphatic rings. The number of nitrogens with one attached hydrogen (secondary N) is 1. The summed E-state index contributed by atoms with van der Waals surface area (Å²) >= 11 is 0. The van der Waals surface area contributed by atoms with Crippen LogP contribution in [0.4, 0.5) is 5.69 Å². The Balaban J connectivity index is 1.59. The Morgan fingerprint density at radius 3 is 2.27 bits per heavy atom. The van der Waals surface area contributed by atoms with Crippen molar-refractivity contribution < 1.29 is 19.5 Å². The van der Waals surface area contributed by atoms with Crippen LogP contribution < -0.4 is 10.2 Å². The van der Waals surface area contributed by atoms with E-state index >= 15 is 0 Å². The van der Waals surface area contributed by atoms with Gasteiger partial charge in [-0.25, -0.2) is 0 Å². The van der Waals surface area contributed by atoms with Gasteiger partial charge in [-0.05, 0) is 57.6 Å². The molecule has 6 nitrogen and oxygen atoms in total. The first kappa shape index (κ1) is 18.4. The van der Waals surface area contributed by atoms with Crippen LogP contribution in [-0.2, 0) is 14.4 Å². The van der Waals surface area contributed by atoms with E-state index in [4.69, 9.17) is 5.11 Å². The van der Waals surface area contributed by atoms with E-state index in [1.54, 1.807) is 4.90 Å². The number of aryl methyl sites for hydroxylation is 1. The molecule has 1 aromatic rings. The van der Waals surface area contributed by atoms with Gasteiger partial charge in [0.15, 0.2) is 0 Å². The summed E-state index contributed by atoms with van der Waals surface area (Å²) in [6.45, 7) is 2.67. The van der Waals surface area contributed by atoms with Crippen LogP contribution in [-0.4, -0.2) is 35.5 Å². The number of carboxylic acids is 1. The number of rotatable bonds is 4. The summed E-state index contributed by atoms with van der Waals surface area (Å²) in [4.78, 5) is 38.1. The molecule has 0 aromatic heterocycles. The van der Waals surface area contributed by atoms with Crippen LogP contribution in [0.3, 0.4) is 0 Å². The standard InChI is InChI=1S/C20H26N2O4/c1-13-4-10-16(11-5-13)22-12-2-3-17(19(22)24)21-18(23)14-6-8-15(9-7-14)20(25)26/h4-5,10-11,14-15,17H,2-3,6-9,12H2,1H3,(H,21,23)(H,25,26). The lowest BCUT2D eigenvalue weighted by molar-refractivity contribution is -0.144. The van der Waals surface area contributed by atoms with Gasteiger partial charge >= 0.3 is 5.97 Å². The summed E-state index contributed by atoms with van der Waals surface area (Å²) in [6.07, 6.45) is 3.70. The summed E-state index contributed by atoms with van der Waals surface area (Å²) in [5, 5.41) is 12.0. The van der Waals surface area contributed by atoms with E-state index < -0.39 is 12.0 Å². The van der Waals surface area contributed by atoms with Gasteiger partial charge in [0.2, 0.25) is 11.8 Å². The molecule has 1 atom stereocenters. The minimum atomic E-state index is -0.778. The van der Waals surface area contributed by atoms with Gasteiger partial charge in [-0.2, -0.15) is 0 Å². The average molecular weight is 358 g/mol. The molecule has 1 unspecified atom stereocenters. The van der Waals surface area contributed by atoms with Crippen LogP contribution >= 0.6 is 0 Å². The molecule has 0 radical (unpaired) electrons. The van der Waals surface area contributed by atoms with Crippen molar-refractivity contribution in [2.24, 2.45) is 11.8 Å². The summed E-state index contributed by atoms with van der Waals surface area (Å²) in [7, 11) is 0. The number of benzene rings is 1. The zero-order valence-electron chi connectivity index (χ0n) is 15.1. The van der Waals surface area contributed by atoms with Crippen LogP contribution in [0.15, 0.2) is 24.3 Å². The second-order valence-corrected chi connectivity index (χ2v) is 7.42. The van der Waals surface area contributed by atoms with Crippen molar-refractivity contribution >= 4 is 23.5 Å². The molecule has 140 valence electrons. The van der Waals surface area contributed by atoms with Gasteiger partial charge in [-0.1, -0.05) is 17.7 Å². The first-order valence-electron chi connectivity index (χ1n) is 9.37. The van der Waals surface area contributed by atoms with Gasteiger partial charge in [0.1, 0.15) is 6.04 Å². The fourth-order valence-electron chi connectivity index (χ4n) is 3.88. The van der Waals surface area contributed by atoms with Gasteiger partial charge in [-0.3, -0.25) is 14.4 Å². The lowest BCUT2D eigenvalue weighted by Crippen LogP contribution is -2.53. The van der Waals surface area contributed by atoms with Crippen LogP contribution in [0.5, 0.6) is 0 Å². The van der Waals surface area contributed by atoms with Gasteiger partial charge in [0, 0.05) is 18.2 Å². The van der Waals surface area contributed by atoms with Crippen molar-refractivity contribution in [3.05, 3.63) is 29.8 Å². The Kier molecular flexibility index (Phi) is 5.59. The maximum absolute atomic E-state index is 12.8. The summed E-state index contributed by atoms with van der Waals surface area (Å²) in [5.74, 6) is -1.48. The van der Waals surface area contributed by atoms with Crippen molar-refractivity contribution in [2.75, 3.05) is 11.4 Å². The number of piperidine rings is 1. The molecule has 1 heterocycles. The third-order valence-electron chi connectivity index (χ3n) is 5.55. The number of nitrogens with zero attached hydrogens (tertiary/aromatic N) is 1. The smallest absolute Gasteiger partial charge is 0.306 e. The van der Waals surface area contributed by atoms with Crippen LogP contribution in [0.25, 0.3) is 0 Å². The predicted molar refractivity (Wildman–Crippen MR) is 97.8 cm³/mol. The highest BCUT2D eigenvalue weighted by Crippen LogP contribution is 2.29. The number of carbonyl (C=O) groups is 3. The first-order valence-corrected chi connectivity index (χ1v) is 9.37. The highest BCUT2D eigenvalue weighted by molar-refractivity contribution is 6.00. The van der Waals surface area contributed by atoms with Crippen LogP contribution in [0, 0.1) is 18.8 Å². The quantitative estimate of drug-likeness (QED) is 0.866. The molecule has 1 saturated heterocycles. The fourth-order valence-corrected chi connectivity index (χ4v) is 3.88. The Morgan fingerprint density at radius 1 is 1.04 bits per heavy atom. The molecule has 0 spiro atoms. The van der Waals surface area contributed by atoms with Gasteiger partial charge < -0.3 is 15.3 Å². The normalized spacial score (nSPS) is 26.4. The molecule has 6 heteroatoms. The number of carbonyl (C=O) groups excluding carboxylic acids is 2. The molecule has 0 bridgehead atoms. The van der Waals surface area contributed by atoms with Gasteiger partial charge in [-0.15, -0.1) is 0 Å². The molecule has 3 rings (SSSR count). The van der Waals surface area contributed by atoms with E-state index in [-0.39, 0.29) is 23.7 Å². The second kappa shape index (κ2) is 7.89. The molecule has 2 fully saturated rings. The number of anilines is 1. The third-order valence-corrected chi connectivity index (χ3v) is 5.55. The van der Waals surface area contributed by atoms with Gasteiger partial charge in [0.25, 0.3) is 0 Å². The molecule has 26 heavy (non-hydrogen) atoms. The Hall–Kier alpha value is -2.37. The summed E-state index contributed by atoms with van der Waals surface area (Å²) in [5.41, 5.74) is 2.00. The van der Waals surface area contributed by atoms with Crippen molar-refractivity contribution in [2.45, 2.75) is 51.5 Å². The zero-order chi connectivity index (χ0) is 18.7. The van der Waals surface area contributed by atoms with E-state index in [0.29, 0.717) is 38.6 Å².